The van der Waals surface area contributed by atoms with Gasteiger partial charge in [-0.1, -0.05) is 0 Å². The maximum atomic E-state index is 11.8. The Hall–Kier alpha value is -2.24. The molecule has 0 bridgehead atoms. The molecule has 0 aliphatic rings. The Kier molecular flexibility index (Phi) is 3.89. The summed E-state index contributed by atoms with van der Waals surface area (Å²) in [5.74, 6) is -0.202. The molecule has 0 saturated heterocycles. The number of hydrogen-bond acceptors (Lipinski definition) is 4. The van der Waals surface area contributed by atoms with E-state index in [0.29, 0.717) is 12.2 Å². The molecule has 0 unspecified atom stereocenters. The third-order valence-electron chi connectivity index (χ3n) is 3.12. The lowest BCUT2D eigenvalue weighted by atomic mass is 10.1. The van der Waals surface area contributed by atoms with Gasteiger partial charge in [0.25, 0.3) is 5.91 Å². The van der Waals surface area contributed by atoms with Crippen molar-refractivity contribution in [3.05, 3.63) is 41.2 Å². The van der Waals surface area contributed by atoms with Crippen molar-refractivity contribution in [2.45, 2.75) is 20.3 Å². The van der Waals surface area contributed by atoms with Gasteiger partial charge >= 0.3 is 0 Å². The molecule has 100 valence electrons. The largest absolute Gasteiger partial charge is 0.350 e. The van der Waals surface area contributed by atoms with Crippen LogP contribution in [0.4, 0.5) is 0 Å². The molecule has 0 spiro atoms. The zero-order chi connectivity index (χ0) is 13.8. The molecule has 0 aromatic carbocycles. The third kappa shape index (κ3) is 2.96. The highest BCUT2D eigenvalue weighted by Gasteiger charge is 2.10. The van der Waals surface area contributed by atoms with Crippen LogP contribution in [0.2, 0.25) is 0 Å². The lowest BCUT2D eigenvalue weighted by Gasteiger charge is -2.05. The highest BCUT2D eigenvalue weighted by Crippen LogP contribution is 2.11. The average molecular weight is 259 g/mol. The molecule has 6 nitrogen and oxygen atoms in total. The van der Waals surface area contributed by atoms with Crippen molar-refractivity contribution < 1.29 is 4.79 Å². The molecule has 2 aromatic rings. The molecule has 0 radical (unpaired) electrons. The minimum absolute atomic E-state index is 0.202. The van der Waals surface area contributed by atoms with E-state index in [-0.39, 0.29) is 5.91 Å². The lowest BCUT2D eigenvalue weighted by molar-refractivity contribution is 0.0948. The zero-order valence-electron chi connectivity index (χ0n) is 11.3. The topological polar surface area (TPSA) is 72.7 Å². The fourth-order valence-electron chi connectivity index (χ4n) is 1.99. The van der Waals surface area contributed by atoms with Gasteiger partial charge in [-0.2, -0.15) is 5.10 Å². The minimum Gasteiger partial charge on any atom is -0.350 e. The van der Waals surface area contributed by atoms with Crippen molar-refractivity contribution in [2.75, 3.05) is 6.54 Å². The van der Waals surface area contributed by atoms with Crippen LogP contribution in [-0.4, -0.2) is 32.2 Å². The van der Waals surface area contributed by atoms with Crippen LogP contribution >= 0.6 is 0 Å². The molecule has 0 saturated carbocycles. The summed E-state index contributed by atoms with van der Waals surface area (Å²) in [5.41, 5.74) is 3.66. The molecule has 1 N–H and O–H groups in total. The molecule has 19 heavy (non-hydrogen) atoms. The first kappa shape index (κ1) is 13.2. The molecular weight excluding hydrogens is 242 g/mol. The van der Waals surface area contributed by atoms with Crippen LogP contribution in [0.25, 0.3) is 0 Å². The van der Waals surface area contributed by atoms with Gasteiger partial charge in [0.05, 0.1) is 11.9 Å². The van der Waals surface area contributed by atoms with E-state index in [0.717, 1.165) is 17.8 Å². The van der Waals surface area contributed by atoms with Gasteiger partial charge in [-0.05, 0) is 25.8 Å². The van der Waals surface area contributed by atoms with Crippen molar-refractivity contribution in [2.24, 2.45) is 7.05 Å². The Morgan fingerprint density at radius 1 is 1.37 bits per heavy atom. The SMILES string of the molecule is Cc1nn(C)c(C)c1CCNC(=O)c1cnccn1. The molecule has 6 heteroatoms. The Morgan fingerprint density at radius 3 is 2.74 bits per heavy atom. The van der Waals surface area contributed by atoms with Crippen LogP contribution in [0.15, 0.2) is 18.6 Å². The Labute approximate surface area is 111 Å². The van der Waals surface area contributed by atoms with E-state index < -0.39 is 0 Å². The number of rotatable bonds is 4. The number of carbonyl (C=O) groups is 1. The number of nitrogens with one attached hydrogen (secondary N) is 1. The van der Waals surface area contributed by atoms with Crippen LogP contribution in [0.3, 0.4) is 0 Å². The van der Waals surface area contributed by atoms with Crippen molar-refractivity contribution in [1.29, 1.82) is 0 Å². The van der Waals surface area contributed by atoms with Gasteiger partial charge in [0.1, 0.15) is 5.69 Å². The first-order valence-electron chi connectivity index (χ1n) is 6.13. The number of nitrogens with zero attached hydrogens (tertiary/aromatic N) is 4. The van der Waals surface area contributed by atoms with E-state index in [9.17, 15) is 4.79 Å². The van der Waals surface area contributed by atoms with Crippen LogP contribution in [-0.2, 0) is 13.5 Å². The average Bonchev–Trinajstić information content (AvgIpc) is 2.66. The van der Waals surface area contributed by atoms with Gasteiger partial charge in [-0.3, -0.25) is 14.5 Å². The van der Waals surface area contributed by atoms with Gasteiger partial charge < -0.3 is 5.32 Å². The number of carbonyl (C=O) groups excluding carboxylic acids is 1. The first-order chi connectivity index (χ1) is 9.09. The molecule has 0 aliphatic carbocycles. The third-order valence-corrected chi connectivity index (χ3v) is 3.12. The van der Waals surface area contributed by atoms with E-state index in [1.54, 1.807) is 6.20 Å². The molecule has 2 rings (SSSR count). The summed E-state index contributed by atoms with van der Waals surface area (Å²) in [6, 6.07) is 0. The minimum atomic E-state index is -0.202. The standard InChI is InChI=1S/C13H17N5O/c1-9-11(10(2)18(3)17-9)4-5-16-13(19)12-8-14-6-7-15-12/h6-8H,4-5H2,1-3H3,(H,16,19). The summed E-state index contributed by atoms with van der Waals surface area (Å²) in [4.78, 5) is 19.6. The molecule has 2 aromatic heterocycles. The fraction of sp³-hybridized carbons (Fsp3) is 0.385. The van der Waals surface area contributed by atoms with Crippen LogP contribution < -0.4 is 5.32 Å². The maximum Gasteiger partial charge on any atom is 0.271 e. The number of hydrogen-bond donors (Lipinski definition) is 1. The van der Waals surface area contributed by atoms with Crippen molar-refractivity contribution in [3.63, 3.8) is 0 Å². The Bertz CT molecular complexity index is 576. The van der Waals surface area contributed by atoms with E-state index in [2.05, 4.69) is 20.4 Å². The maximum absolute atomic E-state index is 11.8. The first-order valence-corrected chi connectivity index (χ1v) is 6.13. The van der Waals surface area contributed by atoms with Crippen LogP contribution in [0.5, 0.6) is 0 Å². The Morgan fingerprint density at radius 2 is 2.16 bits per heavy atom. The molecule has 1 amide bonds. The van der Waals surface area contributed by atoms with Crippen molar-refractivity contribution in [1.82, 2.24) is 25.1 Å². The summed E-state index contributed by atoms with van der Waals surface area (Å²) >= 11 is 0. The lowest BCUT2D eigenvalue weighted by Crippen LogP contribution is -2.26. The molecule has 0 aliphatic heterocycles. The van der Waals surface area contributed by atoms with Crippen molar-refractivity contribution in [3.8, 4) is 0 Å². The second-order valence-electron chi connectivity index (χ2n) is 4.37. The molecule has 2 heterocycles. The van der Waals surface area contributed by atoms with Crippen LogP contribution in [0.1, 0.15) is 27.4 Å². The van der Waals surface area contributed by atoms with Gasteiger partial charge in [0.2, 0.25) is 0 Å². The summed E-state index contributed by atoms with van der Waals surface area (Å²) in [7, 11) is 1.92. The smallest absolute Gasteiger partial charge is 0.271 e. The van der Waals surface area contributed by atoms with Gasteiger partial charge in [-0.25, -0.2) is 4.98 Å². The summed E-state index contributed by atoms with van der Waals surface area (Å²) in [6.45, 7) is 4.56. The highest BCUT2D eigenvalue weighted by atomic mass is 16.1. The predicted molar refractivity (Wildman–Crippen MR) is 70.8 cm³/mol. The summed E-state index contributed by atoms with van der Waals surface area (Å²) < 4.78 is 1.86. The molecule has 0 fully saturated rings. The van der Waals surface area contributed by atoms with Gasteiger partial charge in [0, 0.05) is 31.7 Å². The van der Waals surface area contributed by atoms with E-state index in [1.165, 1.54) is 18.0 Å². The summed E-state index contributed by atoms with van der Waals surface area (Å²) in [6.07, 6.45) is 5.26. The predicted octanol–water partition coefficient (Wildman–Crippen LogP) is 0.799. The molecule has 0 atom stereocenters. The number of amides is 1. The molecular formula is C13H17N5O. The number of aromatic nitrogens is 4. The normalized spacial score (nSPS) is 10.5. The highest BCUT2D eigenvalue weighted by molar-refractivity contribution is 5.91. The van der Waals surface area contributed by atoms with E-state index in [4.69, 9.17) is 0 Å². The van der Waals surface area contributed by atoms with E-state index in [1.807, 2.05) is 25.6 Å². The quantitative estimate of drug-likeness (QED) is 0.881. The zero-order valence-corrected chi connectivity index (χ0v) is 11.3. The van der Waals surface area contributed by atoms with Crippen molar-refractivity contribution >= 4 is 5.91 Å². The Balaban J connectivity index is 1.92. The summed E-state index contributed by atoms with van der Waals surface area (Å²) in [5, 5.41) is 7.18. The number of aryl methyl sites for hydroxylation is 2. The van der Waals surface area contributed by atoms with Gasteiger partial charge in [-0.15, -0.1) is 0 Å². The van der Waals surface area contributed by atoms with Gasteiger partial charge in [0.15, 0.2) is 0 Å². The fourth-order valence-corrected chi connectivity index (χ4v) is 1.99. The van der Waals surface area contributed by atoms with Crippen LogP contribution in [0, 0.1) is 13.8 Å². The monoisotopic (exact) mass is 259 g/mol. The van der Waals surface area contributed by atoms with E-state index >= 15 is 0 Å². The second kappa shape index (κ2) is 5.60. The second-order valence-corrected chi connectivity index (χ2v) is 4.37.